The Morgan fingerprint density at radius 3 is 2.65 bits per heavy atom. The van der Waals surface area contributed by atoms with Crippen molar-refractivity contribution in [2.75, 3.05) is 13.6 Å². The Labute approximate surface area is 118 Å². The number of rotatable bonds is 7. The molecule has 0 aliphatic rings. The van der Waals surface area contributed by atoms with Gasteiger partial charge in [-0.3, -0.25) is 10.1 Å². The summed E-state index contributed by atoms with van der Waals surface area (Å²) in [5.41, 5.74) is 5.82. The summed E-state index contributed by atoms with van der Waals surface area (Å²) in [4.78, 5) is 11.9. The molecule has 0 aliphatic heterocycles. The zero-order chi connectivity index (χ0) is 15.3. The summed E-state index contributed by atoms with van der Waals surface area (Å²) in [5, 5.41) is 10.7. The van der Waals surface area contributed by atoms with Crippen molar-refractivity contribution in [3.8, 4) is 0 Å². The van der Waals surface area contributed by atoms with Crippen LogP contribution in [0.2, 0.25) is 0 Å². The van der Waals surface area contributed by atoms with Crippen LogP contribution in [0.15, 0.2) is 18.2 Å². The van der Waals surface area contributed by atoms with Gasteiger partial charge in [-0.1, -0.05) is 26.0 Å². The minimum atomic E-state index is -0.752. The average molecular weight is 283 g/mol. The molecule has 0 spiro atoms. The van der Waals surface area contributed by atoms with E-state index >= 15 is 0 Å². The third-order valence-electron chi connectivity index (χ3n) is 3.40. The van der Waals surface area contributed by atoms with E-state index < -0.39 is 16.4 Å². The molecule has 0 fully saturated rings. The Balaban J connectivity index is 2.64. The summed E-state index contributed by atoms with van der Waals surface area (Å²) in [5.74, 6) is -0.351. The van der Waals surface area contributed by atoms with Crippen LogP contribution in [-0.2, 0) is 6.54 Å². The Morgan fingerprint density at radius 1 is 1.45 bits per heavy atom. The molecular formula is C14H22FN3O2. The van der Waals surface area contributed by atoms with Crippen LogP contribution in [-0.4, -0.2) is 29.5 Å². The fourth-order valence-electron chi connectivity index (χ4n) is 1.90. The van der Waals surface area contributed by atoms with Crippen LogP contribution in [0, 0.1) is 21.8 Å². The second kappa shape index (κ2) is 7.31. The molecule has 1 aromatic carbocycles. The lowest BCUT2D eigenvalue weighted by Gasteiger charge is -2.21. The minimum Gasteiger partial charge on any atom is -0.327 e. The van der Waals surface area contributed by atoms with Crippen molar-refractivity contribution in [3.05, 3.63) is 39.7 Å². The highest BCUT2D eigenvalue weighted by atomic mass is 19.1. The van der Waals surface area contributed by atoms with Crippen LogP contribution in [0.1, 0.15) is 25.8 Å². The van der Waals surface area contributed by atoms with E-state index in [-0.39, 0.29) is 6.04 Å². The minimum absolute atomic E-state index is 0.104. The van der Waals surface area contributed by atoms with Crippen molar-refractivity contribution in [1.82, 2.24) is 4.90 Å². The van der Waals surface area contributed by atoms with Gasteiger partial charge in [0.15, 0.2) is 0 Å². The Morgan fingerprint density at radius 2 is 2.10 bits per heavy atom. The summed E-state index contributed by atoms with van der Waals surface area (Å²) in [7, 11) is 1.85. The van der Waals surface area contributed by atoms with E-state index in [2.05, 4.69) is 13.8 Å². The molecule has 0 amide bonds. The molecule has 1 atom stereocenters. The maximum Gasteiger partial charge on any atom is 0.305 e. The van der Waals surface area contributed by atoms with E-state index in [1.54, 1.807) is 6.07 Å². The lowest BCUT2D eigenvalue weighted by Crippen LogP contribution is -2.31. The van der Waals surface area contributed by atoms with Gasteiger partial charge in [0.2, 0.25) is 5.82 Å². The van der Waals surface area contributed by atoms with Crippen molar-refractivity contribution in [2.24, 2.45) is 11.7 Å². The van der Waals surface area contributed by atoms with Crippen LogP contribution < -0.4 is 5.73 Å². The maximum atomic E-state index is 13.9. The molecule has 0 aromatic heterocycles. The molecule has 6 heteroatoms. The first-order valence-corrected chi connectivity index (χ1v) is 6.68. The summed E-state index contributed by atoms with van der Waals surface area (Å²) in [6, 6.07) is 4.35. The van der Waals surface area contributed by atoms with E-state index in [1.807, 2.05) is 11.9 Å². The number of nitro benzene ring substituents is 1. The van der Waals surface area contributed by atoms with Crippen molar-refractivity contribution in [1.29, 1.82) is 0 Å². The number of hydrogen-bond acceptors (Lipinski definition) is 4. The van der Waals surface area contributed by atoms with Gasteiger partial charge in [0.1, 0.15) is 0 Å². The Hall–Kier alpha value is -1.53. The molecule has 20 heavy (non-hydrogen) atoms. The van der Waals surface area contributed by atoms with E-state index in [4.69, 9.17) is 5.73 Å². The zero-order valence-corrected chi connectivity index (χ0v) is 12.2. The first kappa shape index (κ1) is 16.5. The fraction of sp³-hybridized carbons (Fsp3) is 0.571. The molecule has 0 radical (unpaired) electrons. The first-order valence-electron chi connectivity index (χ1n) is 6.68. The maximum absolute atomic E-state index is 13.9. The van der Waals surface area contributed by atoms with Crippen LogP contribution >= 0.6 is 0 Å². The van der Waals surface area contributed by atoms with Gasteiger partial charge in [-0.25, -0.2) is 0 Å². The smallest absolute Gasteiger partial charge is 0.305 e. The first-order chi connectivity index (χ1) is 9.32. The summed E-state index contributed by atoms with van der Waals surface area (Å²) < 4.78 is 13.9. The Bertz CT molecular complexity index is 466. The van der Waals surface area contributed by atoms with Gasteiger partial charge in [0, 0.05) is 24.2 Å². The van der Waals surface area contributed by atoms with Gasteiger partial charge in [-0.2, -0.15) is 4.39 Å². The Kier molecular flexibility index (Phi) is 6.04. The van der Waals surface area contributed by atoms with Gasteiger partial charge in [0.25, 0.3) is 0 Å². The molecule has 0 saturated carbocycles. The molecule has 1 unspecified atom stereocenters. The van der Waals surface area contributed by atoms with Gasteiger partial charge < -0.3 is 10.6 Å². The van der Waals surface area contributed by atoms with Crippen LogP contribution in [0.5, 0.6) is 0 Å². The van der Waals surface area contributed by atoms with Crippen LogP contribution in [0.25, 0.3) is 0 Å². The monoisotopic (exact) mass is 283 g/mol. The van der Waals surface area contributed by atoms with Crippen LogP contribution in [0.3, 0.4) is 0 Å². The molecule has 2 N–H and O–H groups in total. The molecule has 0 aliphatic carbocycles. The number of benzene rings is 1. The van der Waals surface area contributed by atoms with Crippen molar-refractivity contribution >= 4 is 5.69 Å². The third kappa shape index (κ3) is 4.54. The second-order valence-corrected chi connectivity index (χ2v) is 5.44. The van der Waals surface area contributed by atoms with Gasteiger partial charge in [-0.15, -0.1) is 0 Å². The van der Waals surface area contributed by atoms with E-state index in [0.29, 0.717) is 18.0 Å². The highest BCUT2D eigenvalue weighted by Gasteiger charge is 2.18. The standard InChI is InChI=1S/C14H22FN3O2/c1-10(2)12(16)7-8-17(3)9-11-5-4-6-13(14(11)15)18(19)20/h4-6,10,12H,7-9,16H2,1-3H3. The zero-order valence-electron chi connectivity index (χ0n) is 12.2. The topological polar surface area (TPSA) is 72.4 Å². The number of nitro groups is 1. The van der Waals surface area contributed by atoms with Crippen molar-refractivity contribution in [3.63, 3.8) is 0 Å². The third-order valence-corrected chi connectivity index (χ3v) is 3.40. The molecular weight excluding hydrogens is 261 g/mol. The highest BCUT2D eigenvalue weighted by Crippen LogP contribution is 2.21. The van der Waals surface area contributed by atoms with Gasteiger partial charge in [0.05, 0.1) is 4.92 Å². The number of hydrogen-bond donors (Lipinski definition) is 1. The van der Waals surface area contributed by atoms with Crippen molar-refractivity contribution in [2.45, 2.75) is 32.9 Å². The van der Waals surface area contributed by atoms with E-state index in [0.717, 1.165) is 13.0 Å². The average Bonchev–Trinajstić information content (AvgIpc) is 2.37. The number of nitrogens with zero attached hydrogens (tertiary/aromatic N) is 2. The van der Waals surface area contributed by atoms with Crippen molar-refractivity contribution < 1.29 is 9.31 Å². The van der Waals surface area contributed by atoms with E-state index in [9.17, 15) is 14.5 Å². The second-order valence-electron chi connectivity index (χ2n) is 5.44. The predicted molar refractivity (Wildman–Crippen MR) is 76.8 cm³/mol. The molecule has 112 valence electrons. The normalized spacial score (nSPS) is 12.9. The fourth-order valence-corrected chi connectivity index (χ4v) is 1.90. The quantitative estimate of drug-likeness (QED) is 0.616. The molecule has 0 saturated heterocycles. The molecule has 5 nitrogen and oxygen atoms in total. The lowest BCUT2D eigenvalue weighted by atomic mass is 10.0. The molecule has 0 heterocycles. The van der Waals surface area contributed by atoms with Gasteiger partial charge >= 0.3 is 5.69 Å². The molecule has 1 rings (SSSR count). The summed E-state index contributed by atoms with van der Waals surface area (Å²) >= 11 is 0. The SMILES string of the molecule is CC(C)C(N)CCN(C)Cc1cccc([N+](=O)[O-])c1F. The largest absolute Gasteiger partial charge is 0.327 e. The summed E-state index contributed by atoms with van der Waals surface area (Å²) in [6.07, 6.45) is 0.810. The van der Waals surface area contributed by atoms with E-state index in [1.165, 1.54) is 12.1 Å². The predicted octanol–water partition coefficient (Wildman–Crippen LogP) is 2.54. The van der Waals surface area contributed by atoms with Crippen LogP contribution in [0.4, 0.5) is 10.1 Å². The summed E-state index contributed by atoms with van der Waals surface area (Å²) in [6.45, 7) is 5.18. The lowest BCUT2D eigenvalue weighted by molar-refractivity contribution is -0.387. The number of nitrogens with two attached hydrogens (primary N) is 1. The molecule has 1 aromatic rings. The number of halogens is 1. The highest BCUT2D eigenvalue weighted by molar-refractivity contribution is 5.36. The van der Waals surface area contributed by atoms with Gasteiger partial charge in [-0.05, 0) is 25.9 Å². The molecule has 0 bridgehead atoms.